The molecule has 0 spiro atoms. The number of carbonyl (C=O) groups is 2. The highest BCUT2D eigenvalue weighted by Crippen LogP contribution is 2.27. The number of aryl methyl sites for hydroxylation is 1. The van der Waals surface area contributed by atoms with Crippen molar-refractivity contribution in [3.63, 3.8) is 0 Å². The van der Waals surface area contributed by atoms with Crippen molar-refractivity contribution in [2.75, 3.05) is 13.1 Å². The molecular formula is C27H26N4O2. The summed E-state index contributed by atoms with van der Waals surface area (Å²) in [5.41, 5.74) is 5.10. The first kappa shape index (κ1) is 20.9. The van der Waals surface area contributed by atoms with Gasteiger partial charge in [0.1, 0.15) is 5.65 Å². The second kappa shape index (κ2) is 8.90. The van der Waals surface area contributed by atoms with Gasteiger partial charge in [-0.1, -0.05) is 48.0 Å². The third kappa shape index (κ3) is 4.24. The number of fused-ring (bicyclic) bond motifs is 1. The van der Waals surface area contributed by atoms with Crippen molar-refractivity contribution >= 4 is 22.8 Å². The lowest BCUT2D eigenvalue weighted by molar-refractivity contribution is 0.0677. The minimum Gasteiger partial charge on any atom is -0.348 e. The van der Waals surface area contributed by atoms with Crippen LogP contribution in [0.2, 0.25) is 0 Å². The second-order valence-electron chi connectivity index (χ2n) is 8.58. The summed E-state index contributed by atoms with van der Waals surface area (Å²) in [5, 5.41) is 3.93. The van der Waals surface area contributed by atoms with E-state index >= 15 is 0 Å². The third-order valence-electron chi connectivity index (χ3n) is 6.24. The van der Waals surface area contributed by atoms with E-state index in [-0.39, 0.29) is 17.9 Å². The molecular weight excluding hydrogens is 412 g/mol. The van der Waals surface area contributed by atoms with Crippen molar-refractivity contribution < 1.29 is 9.59 Å². The van der Waals surface area contributed by atoms with Crippen LogP contribution in [-0.2, 0) is 0 Å². The minimum atomic E-state index is -0.138. The summed E-state index contributed by atoms with van der Waals surface area (Å²) in [6.07, 6.45) is 5.10. The lowest BCUT2D eigenvalue weighted by atomic mass is 9.96. The first-order chi connectivity index (χ1) is 16.1. The van der Waals surface area contributed by atoms with Gasteiger partial charge in [-0.05, 0) is 49.1 Å². The lowest BCUT2D eigenvalue weighted by Crippen LogP contribution is -2.49. The molecule has 2 aromatic heterocycles. The monoisotopic (exact) mass is 438 g/mol. The van der Waals surface area contributed by atoms with Gasteiger partial charge in [0.2, 0.25) is 0 Å². The summed E-state index contributed by atoms with van der Waals surface area (Å²) in [7, 11) is 0. The number of hydrogen-bond donors (Lipinski definition) is 2. The molecule has 3 heterocycles. The molecule has 1 atom stereocenters. The molecule has 5 rings (SSSR count). The Bertz CT molecular complexity index is 1330. The molecule has 1 saturated heterocycles. The van der Waals surface area contributed by atoms with E-state index in [1.165, 1.54) is 0 Å². The number of hydrogen-bond acceptors (Lipinski definition) is 3. The van der Waals surface area contributed by atoms with E-state index in [2.05, 4.69) is 34.3 Å². The number of aromatic nitrogens is 2. The molecule has 166 valence electrons. The topological polar surface area (TPSA) is 78.1 Å². The highest BCUT2D eigenvalue weighted by Gasteiger charge is 2.27. The SMILES string of the molecule is Cc1cccc(-c2ccccc2C(=O)N2CCC[C@@H](NC(=O)c3ccnc4[nH]ccc34)C2)c1. The summed E-state index contributed by atoms with van der Waals surface area (Å²) in [6.45, 7) is 3.23. The van der Waals surface area contributed by atoms with E-state index in [0.717, 1.165) is 34.9 Å². The molecule has 6 nitrogen and oxygen atoms in total. The summed E-state index contributed by atoms with van der Waals surface area (Å²) < 4.78 is 0. The Balaban J connectivity index is 1.34. The van der Waals surface area contributed by atoms with Crippen LogP contribution in [0.25, 0.3) is 22.2 Å². The van der Waals surface area contributed by atoms with Gasteiger partial charge in [0.05, 0.1) is 5.56 Å². The number of nitrogens with one attached hydrogen (secondary N) is 2. The number of likely N-dealkylation sites (tertiary alicyclic amines) is 1. The van der Waals surface area contributed by atoms with E-state index in [0.29, 0.717) is 29.9 Å². The Morgan fingerprint density at radius 2 is 1.94 bits per heavy atom. The molecule has 0 unspecified atom stereocenters. The van der Waals surface area contributed by atoms with Crippen LogP contribution in [0.5, 0.6) is 0 Å². The molecule has 4 aromatic rings. The summed E-state index contributed by atoms with van der Waals surface area (Å²) in [6, 6.07) is 19.4. The maximum atomic E-state index is 13.5. The lowest BCUT2D eigenvalue weighted by Gasteiger charge is -2.33. The molecule has 2 amide bonds. The highest BCUT2D eigenvalue weighted by atomic mass is 16.2. The number of benzene rings is 2. The van der Waals surface area contributed by atoms with E-state index in [1.54, 1.807) is 18.5 Å². The van der Waals surface area contributed by atoms with Gasteiger partial charge in [0.25, 0.3) is 11.8 Å². The molecule has 33 heavy (non-hydrogen) atoms. The summed E-state index contributed by atoms with van der Waals surface area (Å²) in [5.74, 6) is -0.135. The maximum Gasteiger partial charge on any atom is 0.254 e. The molecule has 0 bridgehead atoms. The van der Waals surface area contributed by atoms with Gasteiger partial charge in [-0.15, -0.1) is 0 Å². The Hall–Kier alpha value is -3.93. The van der Waals surface area contributed by atoms with Crippen molar-refractivity contribution in [1.82, 2.24) is 20.2 Å². The molecule has 1 aliphatic rings. The minimum absolute atomic E-state index is 0.00277. The van der Waals surface area contributed by atoms with E-state index in [1.807, 2.05) is 47.4 Å². The average Bonchev–Trinajstić information content (AvgIpc) is 3.33. The van der Waals surface area contributed by atoms with Gasteiger partial charge in [0, 0.05) is 42.5 Å². The number of rotatable bonds is 4. The standard InChI is InChI=1S/C27H26N4O2/c1-18-6-4-7-19(16-18)21-9-2-3-10-24(21)27(33)31-15-5-8-20(17-31)30-26(32)23-12-14-29-25-22(23)11-13-28-25/h2-4,6-7,9-14,16,20H,5,8,15,17H2,1H3,(H,28,29)(H,30,32)/t20-/m1/s1. The Kier molecular flexibility index (Phi) is 5.65. The summed E-state index contributed by atoms with van der Waals surface area (Å²) >= 11 is 0. The normalized spacial score (nSPS) is 16.0. The molecule has 0 aliphatic carbocycles. The molecule has 0 saturated carbocycles. The molecule has 6 heteroatoms. The number of pyridine rings is 1. The first-order valence-corrected chi connectivity index (χ1v) is 11.3. The van der Waals surface area contributed by atoms with Gasteiger partial charge in [-0.2, -0.15) is 0 Å². The molecule has 2 aromatic carbocycles. The van der Waals surface area contributed by atoms with Crippen LogP contribution < -0.4 is 5.32 Å². The number of amides is 2. The maximum absolute atomic E-state index is 13.5. The van der Waals surface area contributed by atoms with Crippen LogP contribution in [0.1, 0.15) is 39.1 Å². The van der Waals surface area contributed by atoms with Crippen LogP contribution in [0.3, 0.4) is 0 Å². The van der Waals surface area contributed by atoms with Gasteiger partial charge in [0.15, 0.2) is 0 Å². The number of carbonyl (C=O) groups excluding carboxylic acids is 2. The van der Waals surface area contributed by atoms with Crippen LogP contribution in [0, 0.1) is 6.92 Å². The van der Waals surface area contributed by atoms with Crippen molar-refractivity contribution in [3.05, 3.63) is 89.7 Å². The zero-order chi connectivity index (χ0) is 22.8. The first-order valence-electron chi connectivity index (χ1n) is 11.3. The fraction of sp³-hybridized carbons (Fsp3) is 0.222. The molecule has 1 fully saturated rings. The smallest absolute Gasteiger partial charge is 0.254 e. The average molecular weight is 439 g/mol. The fourth-order valence-electron chi connectivity index (χ4n) is 4.61. The van der Waals surface area contributed by atoms with E-state index in [9.17, 15) is 9.59 Å². The van der Waals surface area contributed by atoms with Gasteiger partial charge >= 0.3 is 0 Å². The van der Waals surface area contributed by atoms with Gasteiger partial charge in [-0.25, -0.2) is 4.98 Å². The largest absolute Gasteiger partial charge is 0.348 e. The number of aromatic amines is 1. The predicted octanol–water partition coefficient (Wildman–Crippen LogP) is 4.57. The molecule has 1 aliphatic heterocycles. The zero-order valence-corrected chi connectivity index (χ0v) is 18.5. The Morgan fingerprint density at radius 3 is 2.82 bits per heavy atom. The van der Waals surface area contributed by atoms with Gasteiger partial charge < -0.3 is 15.2 Å². The van der Waals surface area contributed by atoms with Crippen LogP contribution >= 0.6 is 0 Å². The van der Waals surface area contributed by atoms with E-state index < -0.39 is 0 Å². The Morgan fingerprint density at radius 1 is 1.06 bits per heavy atom. The van der Waals surface area contributed by atoms with Crippen molar-refractivity contribution in [3.8, 4) is 11.1 Å². The van der Waals surface area contributed by atoms with Crippen molar-refractivity contribution in [2.24, 2.45) is 0 Å². The van der Waals surface area contributed by atoms with Crippen molar-refractivity contribution in [2.45, 2.75) is 25.8 Å². The number of nitrogens with zero attached hydrogens (tertiary/aromatic N) is 2. The third-order valence-corrected chi connectivity index (χ3v) is 6.24. The van der Waals surface area contributed by atoms with E-state index in [4.69, 9.17) is 0 Å². The summed E-state index contributed by atoms with van der Waals surface area (Å²) in [4.78, 5) is 35.7. The second-order valence-corrected chi connectivity index (χ2v) is 8.58. The highest BCUT2D eigenvalue weighted by molar-refractivity contribution is 6.05. The molecule has 0 radical (unpaired) electrons. The van der Waals surface area contributed by atoms with Crippen LogP contribution in [0.15, 0.2) is 73.1 Å². The van der Waals surface area contributed by atoms with Crippen molar-refractivity contribution in [1.29, 1.82) is 0 Å². The zero-order valence-electron chi connectivity index (χ0n) is 18.5. The number of piperidine rings is 1. The Labute approximate surface area is 192 Å². The van der Waals surface area contributed by atoms with Crippen LogP contribution in [-0.4, -0.2) is 45.8 Å². The quantitative estimate of drug-likeness (QED) is 0.490. The van der Waals surface area contributed by atoms with Gasteiger partial charge in [-0.3, -0.25) is 9.59 Å². The number of H-pyrrole nitrogens is 1. The predicted molar refractivity (Wildman–Crippen MR) is 129 cm³/mol. The fourth-order valence-corrected chi connectivity index (χ4v) is 4.61. The van der Waals surface area contributed by atoms with Crippen LogP contribution in [0.4, 0.5) is 0 Å². The molecule has 2 N–H and O–H groups in total.